The van der Waals surface area contributed by atoms with Crippen molar-refractivity contribution < 1.29 is 9.53 Å². The molecule has 1 aromatic carbocycles. The van der Waals surface area contributed by atoms with Crippen molar-refractivity contribution in [2.45, 2.75) is 6.92 Å². The van der Waals surface area contributed by atoms with E-state index in [1.165, 1.54) is 11.6 Å². The largest absolute Gasteiger partial charge is 0.456 e. The quantitative estimate of drug-likeness (QED) is 0.576. The second-order valence-corrected chi connectivity index (χ2v) is 3.39. The molecule has 1 heterocycles. The van der Waals surface area contributed by atoms with Crippen LogP contribution in [0, 0.1) is 6.92 Å². The number of hydrazine groups is 1. The molecule has 4 nitrogen and oxygen atoms in total. The van der Waals surface area contributed by atoms with E-state index in [0.717, 1.165) is 11.4 Å². The number of cyclic esters (lactones) is 1. The first-order valence-electron chi connectivity index (χ1n) is 4.70. The van der Waals surface area contributed by atoms with E-state index in [-0.39, 0.29) is 5.97 Å². The molecule has 0 aromatic heterocycles. The van der Waals surface area contributed by atoms with E-state index in [9.17, 15) is 4.79 Å². The van der Waals surface area contributed by atoms with Gasteiger partial charge in [-0.25, -0.2) is 4.79 Å². The summed E-state index contributed by atoms with van der Waals surface area (Å²) in [4.78, 5) is 10.7. The molecule has 0 saturated carbocycles. The second kappa shape index (κ2) is 4.04. The summed E-state index contributed by atoms with van der Waals surface area (Å²) < 4.78 is 4.74. The van der Waals surface area contributed by atoms with E-state index in [4.69, 9.17) is 4.74 Å². The molecule has 1 aliphatic heterocycles. The van der Waals surface area contributed by atoms with Gasteiger partial charge in [-0.2, -0.15) is 0 Å². The lowest BCUT2D eigenvalue weighted by molar-refractivity contribution is -0.134. The maximum Gasteiger partial charge on any atom is 0.333 e. The van der Waals surface area contributed by atoms with E-state index in [0.29, 0.717) is 6.61 Å². The molecule has 0 unspecified atom stereocenters. The number of rotatable bonds is 3. The summed E-state index contributed by atoms with van der Waals surface area (Å²) in [5.41, 5.74) is 8.79. The van der Waals surface area contributed by atoms with E-state index >= 15 is 0 Å². The Hall–Kier alpha value is -1.97. The highest BCUT2D eigenvalue weighted by molar-refractivity contribution is 5.85. The number of anilines is 1. The van der Waals surface area contributed by atoms with Crippen LogP contribution in [-0.4, -0.2) is 12.6 Å². The Morgan fingerprint density at radius 3 is 2.53 bits per heavy atom. The fourth-order valence-corrected chi connectivity index (χ4v) is 1.24. The van der Waals surface area contributed by atoms with Gasteiger partial charge in [-0.1, -0.05) is 17.7 Å². The molecule has 0 spiro atoms. The molecule has 2 rings (SSSR count). The summed E-state index contributed by atoms with van der Waals surface area (Å²) in [6, 6.07) is 7.93. The normalized spacial score (nSPS) is 14.5. The zero-order chi connectivity index (χ0) is 10.7. The molecular weight excluding hydrogens is 192 g/mol. The highest BCUT2D eigenvalue weighted by atomic mass is 16.5. The van der Waals surface area contributed by atoms with Gasteiger partial charge in [0.05, 0.1) is 11.4 Å². The Balaban J connectivity index is 1.91. The monoisotopic (exact) mass is 204 g/mol. The minimum Gasteiger partial charge on any atom is -0.456 e. The highest BCUT2D eigenvalue weighted by Gasteiger charge is 2.11. The molecular formula is C11H12N2O2. The van der Waals surface area contributed by atoms with Crippen LogP contribution in [0.1, 0.15) is 5.56 Å². The Bertz CT molecular complexity index is 396. The average Bonchev–Trinajstić information content (AvgIpc) is 2.64. The van der Waals surface area contributed by atoms with Crippen molar-refractivity contribution in [2.24, 2.45) is 0 Å². The Morgan fingerprint density at radius 1 is 1.20 bits per heavy atom. The third-order valence-corrected chi connectivity index (χ3v) is 2.08. The molecule has 0 amide bonds. The van der Waals surface area contributed by atoms with Gasteiger partial charge in [0, 0.05) is 6.08 Å². The topological polar surface area (TPSA) is 50.4 Å². The molecule has 1 aromatic rings. The molecule has 78 valence electrons. The number of ether oxygens (including phenoxy) is 1. The number of aryl methyl sites for hydroxylation is 1. The zero-order valence-electron chi connectivity index (χ0n) is 8.41. The second-order valence-electron chi connectivity index (χ2n) is 3.39. The lowest BCUT2D eigenvalue weighted by Gasteiger charge is -2.09. The number of carbonyl (C=O) groups is 1. The first-order chi connectivity index (χ1) is 7.24. The molecule has 0 aliphatic carbocycles. The van der Waals surface area contributed by atoms with Crippen LogP contribution in [0.2, 0.25) is 0 Å². The van der Waals surface area contributed by atoms with Crippen LogP contribution >= 0.6 is 0 Å². The fourth-order valence-electron chi connectivity index (χ4n) is 1.24. The van der Waals surface area contributed by atoms with Gasteiger partial charge >= 0.3 is 5.97 Å². The lowest BCUT2D eigenvalue weighted by atomic mass is 10.2. The summed E-state index contributed by atoms with van der Waals surface area (Å²) in [5.74, 6) is -0.303. The van der Waals surface area contributed by atoms with Gasteiger partial charge < -0.3 is 15.6 Å². The van der Waals surface area contributed by atoms with Gasteiger partial charge in [0.25, 0.3) is 0 Å². The highest BCUT2D eigenvalue weighted by Crippen LogP contribution is 2.08. The lowest BCUT2D eigenvalue weighted by Crippen LogP contribution is -2.21. The Morgan fingerprint density at radius 2 is 1.93 bits per heavy atom. The zero-order valence-corrected chi connectivity index (χ0v) is 8.41. The number of carbonyl (C=O) groups excluding carboxylic acids is 1. The minimum absolute atomic E-state index is 0.303. The number of benzene rings is 1. The van der Waals surface area contributed by atoms with Crippen molar-refractivity contribution in [1.29, 1.82) is 0 Å². The molecule has 0 radical (unpaired) electrons. The van der Waals surface area contributed by atoms with Crippen LogP contribution < -0.4 is 10.9 Å². The first-order valence-corrected chi connectivity index (χ1v) is 4.70. The molecule has 0 saturated heterocycles. The van der Waals surface area contributed by atoms with Gasteiger partial charge in [-0.15, -0.1) is 0 Å². The van der Waals surface area contributed by atoms with Crippen LogP contribution in [-0.2, 0) is 9.53 Å². The number of nitrogens with one attached hydrogen (secondary N) is 2. The molecule has 15 heavy (non-hydrogen) atoms. The van der Waals surface area contributed by atoms with Crippen molar-refractivity contribution in [2.75, 3.05) is 12.0 Å². The van der Waals surface area contributed by atoms with Gasteiger partial charge in [-0.05, 0) is 19.1 Å². The third-order valence-electron chi connectivity index (χ3n) is 2.08. The maximum absolute atomic E-state index is 10.7. The summed E-state index contributed by atoms with van der Waals surface area (Å²) >= 11 is 0. The van der Waals surface area contributed by atoms with Gasteiger partial charge in [0.1, 0.15) is 6.61 Å². The molecule has 2 N–H and O–H groups in total. The average molecular weight is 204 g/mol. The Kier molecular flexibility index (Phi) is 2.58. The number of esters is 1. The van der Waals surface area contributed by atoms with Crippen molar-refractivity contribution in [3.63, 3.8) is 0 Å². The minimum atomic E-state index is -0.303. The molecule has 0 bridgehead atoms. The standard InChI is InChI=1S/C11H12N2O2/c1-8-2-4-9(5-3-8)12-13-10-6-11(14)15-7-10/h2-6,12-13H,7H2,1H3. The van der Waals surface area contributed by atoms with Gasteiger partial charge in [0.15, 0.2) is 0 Å². The van der Waals surface area contributed by atoms with Gasteiger partial charge in [-0.3, -0.25) is 0 Å². The summed E-state index contributed by atoms with van der Waals surface area (Å²) in [6.07, 6.45) is 1.43. The van der Waals surface area contributed by atoms with Crippen molar-refractivity contribution in [3.8, 4) is 0 Å². The van der Waals surface area contributed by atoms with E-state index in [1.54, 1.807) is 0 Å². The van der Waals surface area contributed by atoms with Crippen molar-refractivity contribution in [1.82, 2.24) is 5.43 Å². The Labute approximate surface area is 87.9 Å². The molecule has 0 atom stereocenters. The summed E-state index contributed by atoms with van der Waals surface area (Å²) in [7, 11) is 0. The maximum atomic E-state index is 10.7. The van der Waals surface area contributed by atoms with E-state index in [2.05, 4.69) is 10.9 Å². The van der Waals surface area contributed by atoms with Gasteiger partial charge in [0.2, 0.25) is 0 Å². The van der Waals surface area contributed by atoms with E-state index in [1.807, 2.05) is 31.2 Å². The molecule has 1 aliphatic rings. The van der Waals surface area contributed by atoms with Crippen LogP contribution in [0.25, 0.3) is 0 Å². The fraction of sp³-hybridized carbons (Fsp3) is 0.182. The predicted molar refractivity (Wildman–Crippen MR) is 57.0 cm³/mol. The molecule has 4 heteroatoms. The van der Waals surface area contributed by atoms with Crippen molar-refractivity contribution in [3.05, 3.63) is 41.6 Å². The van der Waals surface area contributed by atoms with Crippen LogP contribution in [0.15, 0.2) is 36.0 Å². The molecule has 0 fully saturated rings. The number of hydrogen-bond donors (Lipinski definition) is 2. The van der Waals surface area contributed by atoms with Crippen molar-refractivity contribution >= 4 is 11.7 Å². The summed E-state index contributed by atoms with van der Waals surface area (Å²) in [6.45, 7) is 2.33. The summed E-state index contributed by atoms with van der Waals surface area (Å²) in [5, 5.41) is 0. The van der Waals surface area contributed by atoms with Crippen LogP contribution in [0.4, 0.5) is 5.69 Å². The van der Waals surface area contributed by atoms with Crippen LogP contribution in [0.5, 0.6) is 0 Å². The SMILES string of the molecule is Cc1ccc(NNC2=CC(=O)OC2)cc1. The number of hydrogen-bond acceptors (Lipinski definition) is 4. The smallest absolute Gasteiger partial charge is 0.333 e. The predicted octanol–water partition coefficient (Wildman–Crippen LogP) is 1.35. The van der Waals surface area contributed by atoms with Crippen LogP contribution in [0.3, 0.4) is 0 Å². The third kappa shape index (κ3) is 2.49. The van der Waals surface area contributed by atoms with E-state index < -0.39 is 0 Å². The first kappa shape index (κ1) is 9.58.